The summed E-state index contributed by atoms with van der Waals surface area (Å²) >= 11 is 0. The van der Waals surface area contributed by atoms with Gasteiger partial charge >= 0.3 is 0 Å². The van der Waals surface area contributed by atoms with Gasteiger partial charge in [0.05, 0.1) is 0 Å². The van der Waals surface area contributed by atoms with Crippen molar-refractivity contribution >= 4 is 0 Å². The first-order chi connectivity index (χ1) is 6.65. The standard InChI is InChI=1S/C13H19N/c1-10-8-9-11-6-4-3-5-7-12(14)13(10,11)2/h3,5-7,10H,4,8-9,14H2,1-2H3/b5-3-,11-6-,12-7+. The van der Waals surface area contributed by atoms with E-state index in [2.05, 4.69) is 38.2 Å². The van der Waals surface area contributed by atoms with Gasteiger partial charge in [-0.2, -0.15) is 0 Å². The minimum atomic E-state index is 0.130. The van der Waals surface area contributed by atoms with Crippen LogP contribution in [0.3, 0.4) is 0 Å². The topological polar surface area (TPSA) is 26.0 Å². The number of hydrogen-bond acceptors (Lipinski definition) is 1. The zero-order valence-corrected chi connectivity index (χ0v) is 9.09. The Kier molecular flexibility index (Phi) is 2.26. The largest absolute Gasteiger partial charge is 0.401 e. The lowest BCUT2D eigenvalue weighted by molar-refractivity contribution is 0.353. The van der Waals surface area contributed by atoms with Gasteiger partial charge in [0.15, 0.2) is 0 Å². The third-order valence-corrected chi connectivity index (χ3v) is 4.01. The van der Waals surface area contributed by atoms with Crippen LogP contribution in [0.2, 0.25) is 0 Å². The normalized spacial score (nSPS) is 46.6. The molecule has 0 heterocycles. The van der Waals surface area contributed by atoms with E-state index in [9.17, 15) is 0 Å². The van der Waals surface area contributed by atoms with Gasteiger partial charge in [-0.25, -0.2) is 0 Å². The molecule has 1 nitrogen and oxygen atoms in total. The maximum absolute atomic E-state index is 6.18. The molecule has 0 aliphatic heterocycles. The lowest BCUT2D eigenvalue weighted by Crippen LogP contribution is -2.29. The second kappa shape index (κ2) is 3.30. The molecule has 14 heavy (non-hydrogen) atoms. The molecule has 2 aliphatic carbocycles. The molecule has 0 spiro atoms. The molecule has 2 aliphatic rings. The van der Waals surface area contributed by atoms with E-state index in [-0.39, 0.29) is 5.41 Å². The molecule has 0 aromatic heterocycles. The van der Waals surface area contributed by atoms with Crippen molar-refractivity contribution in [3.8, 4) is 0 Å². The van der Waals surface area contributed by atoms with Crippen molar-refractivity contribution in [1.82, 2.24) is 0 Å². The molecule has 1 fully saturated rings. The molecule has 76 valence electrons. The van der Waals surface area contributed by atoms with E-state index < -0.39 is 0 Å². The SMILES string of the molecule is CC1CC/C2=C/C/C=C\C=C(\N)C21C. The van der Waals surface area contributed by atoms with Crippen molar-refractivity contribution < 1.29 is 0 Å². The Morgan fingerprint density at radius 1 is 1.50 bits per heavy atom. The second-order valence-electron chi connectivity index (χ2n) is 4.66. The summed E-state index contributed by atoms with van der Waals surface area (Å²) in [6.07, 6.45) is 12.2. The summed E-state index contributed by atoms with van der Waals surface area (Å²) in [5.74, 6) is 0.677. The minimum absolute atomic E-state index is 0.130. The monoisotopic (exact) mass is 189 g/mol. The maximum Gasteiger partial charge on any atom is 0.0304 e. The van der Waals surface area contributed by atoms with Crippen LogP contribution in [-0.4, -0.2) is 0 Å². The lowest BCUT2D eigenvalue weighted by atomic mass is 9.74. The first-order valence-corrected chi connectivity index (χ1v) is 5.48. The number of rotatable bonds is 0. The van der Waals surface area contributed by atoms with Crippen LogP contribution in [0.5, 0.6) is 0 Å². The Morgan fingerprint density at radius 3 is 3.07 bits per heavy atom. The quantitative estimate of drug-likeness (QED) is 0.582. The molecule has 0 aromatic rings. The van der Waals surface area contributed by atoms with E-state index >= 15 is 0 Å². The van der Waals surface area contributed by atoms with Crippen LogP contribution < -0.4 is 5.73 Å². The van der Waals surface area contributed by atoms with E-state index in [1.807, 2.05) is 0 Å². The van der Waals surface area contributed by atoms with E-state index in [0.29, 0.717) is 5.92 Å². The van der Waals surface area contributed by atoms with Gasteiger partial charge in [-0.05, 0) is 31.3 Å². The van der Waals surface area contributed by atoms with Crippen LogP contribution in [0, 0.1) is 11.3 Å². The van der Waals surface area contributed by atoms with E-state index in [0.717, 1.165) is 12.1 Å². The van der Waals surface area contributed by atoms with Crippen LogP contribution in [0.15, 0.2) is 35.6 Å². The van der Waals surface area contributed by atoms with E-state index in [4.69, 9.17) is 5.73 Å². The summed E-state index contributed by atoms with van der Waals surface area (Å²) in [5.41, 5.74) is 8.89. The Bertz CT molecular complexity index is 322. The first-order valence-electron chi connectivity index (χ1n) is 5.48. The van der Waals surface area contributed by atoms with Gasteiger partial charge in [-0.1, -0.05) is 37.6 Å². The van der Waals surface area contributed by atoms with Gasteiger partial charge in [0, 0.05) is 11.1 Å². The maximum atomic E-state index is 6.18. The summed E-state index contributed by atoms with van der Waals surface area (Å²) < 4.78 is 0. The first kappa shape index (κ1) is 9.57. The fourth-order valence-corrected chi connectivity index (χ4v) is 2.65. The molecule has 2 atom stereocenters. The average molecular weight is 189 g/mol. The third kappa shape index (κ3) is 1.23. The predicted molar refractivity (Wildman–Crippen MR) is 60.6 cm³/mol. The fraction of sp³-hybridized carbons (Fsp3) is 0.538. The van der Waals surface area contributed by atoms with Crippen molar-refractivity contribution in [3.05, 3.63) is 35.6 Å². The Labute approximate surface area is 86.4 Å². The molecule has 0 aromatic carbocycles. The molecular formula is C13H19N. The van der Waals surface area contributed by atoms with Crippen molar-refractivity contribution in [1.29, 1.82) is 0 Å². The summed E-state index contributed by atoms with van der Waals surface area (Å²) in [5, 5.41) is 0. The van der Waals surface area contributed by atoms with Gasteiger partial charge in [0.2, 0.25) is 0 Å². The highest BCUT2D eigenvalue weighted by atomic mass is 14.7. The molecule has 0 radical (unpaired) electrons. The smallest absolute Gasteiger partial charge is 0.0304 e. The Balaban J connectivity index is 2.49. The fourth-order valence-electron chi connectivity index (χ4n) is 2.65. The predicted octanol–water partition coefficient (Wildman–Crippen LogP) is 3.15. The van der Waals surface area contributed by atoms with Gasteiger partial charge in [-0.15, -0.1) is 0 Å². The van der Waals surface area contributed by atoms with Crippen LogP contribution in [0.1, 0.15) is 33.1 Å². The van der Waals surface area contributed by atoms with Crippen molar-refractivity contribution in [3.63, 3.8) is 0 Å². The molecule has 1 saturated carbocycles. The van der Waals surface area contributed by atoms with Crippen LogP contribution in [0.25, 0.3) is 0 Å². The summed E-state index contributed by atoms with van der Waals surface area (Å²) in [4.78, 5) is 0. The summed E-state index contributed by atoms with van der Waals surface area (Å²) in [7, 11) is 0. The molecule has 2 N–H and O–H groups in total. The zero-order valence-electron chi connectivity index (χ0n) is 9.09. The third-order valence-electron chi connectivity index (χ3n) is 4.01. The highest BCUT2D eigenvalue weighted by molar-refractivity contribution is 5.35. The average Bonchev–Trinajstić information content (AvgIpc) is 2.43. The molecule has 0 amide bonds. The summed E-state index contributed by atoms with van der Waals surface area (Å²) in [6, 6.07) is 0. The van der Waals surface area contributed by atoms with Crippen LogP contribution >= 0.6 is 0 Å². The van der Waals surface area contributed by atoms with Gasteiger partial charge in [-0.3, -0.25) is 0 Å². The van der Waals surface area contributed by atoms with Crippen LogP contribution in [0.4, 0.5) is 0 Å². The second-order valence-corrected chi connectivity index (χ2v) is 4.66. The highest BCUT2D eigenvalue weighted by Gasteiger charge is 2.41. The van der Waals surface area contributed by atoms with Gasteiger partial charge in [0.1, 0.15) is 0 Å². The number of allylic oxidation sites excluding steroid dienone is 5. The van der Waals surface area contributed by atoms with Crippen molar-refractivity contribution in [2.24, 2.45) is 17.1 Å². The molecular weight excluding hydrogens is 170 g/mol. The van der Waals surface area contributed by atoms with Crippen molar-refractivity contribution in [2.45, 2.75) is 33.1 Å². The number of hydrogen-bond donors (Lipinski definition) is 1. The van der Waals surface area contributed by atoms with Crippen molar-refractivity contribution in [2.75, 3.05) is 0 Å². The summed E-state index contributed by atoms with van der Waals surface area (Å²) in [6.45, 7) is 4.61. The molecule has 0 saturated heterocycles. The molecule has 2 rings (SSSR count). The molecule has 1 heteroatoms. The molecule has 2 unspecified atom stereocenters. The zero-order chi connectivity index (χ0) is 10.2. The lowest BCUT2D eigenvalue weighted by Gasteiger charge is -2.32. The Hall–Kier alpha value is -0.980. The minimum Gasteiger partial charge on any atom is -0.401 e. The van der Waals surface area contributed by atoms with E-state index in [1.54, 1.807) is 5.57 Å². The van der Waals surface area contributed by atoms with Crippen LogP contribution in [-0.2, 0) is 0 Å². The number of nitrogens with two attached hydrogens (primary N) is 1. The number of fused-ring (bicyclic) bond motifs is 1. The van der Waals surface area contributed by atoms with Gasteiger partial charge in [0.25, 0.3) is 0 Å². The molecule has 0 bridgehead atoms. The Morgan fingerprint density at radius 2 is 2.29 bits per heavy atom. The van der Waals surface area contributed by atoms with Gasteiger partial charge < -0.3 is 5.73 Å². The highest BCUT2D eigenvalue weighted by Crippen LogP contribution is 2.50. The van der Waals surface area contributed by atoms with E-state index in [1.165, 1.54) is 12.8 Å².